The van der Waals surface area contributed by atoms with Crippen LogP contribution in [-0.2, 0) is 4.79 Å². The van der Waals surface area contributed by atoms with Crippen molar-refractivity contribution in [1.29, 1.82) is 0 Å². The predicted molar refractivity (Wildman–Crippen MR) is 130 cm³/mol. The second-order valence-electron chi connectivity index (χ2n) is 7.97. The van der Waals surface area contributed by atoms with Crippen LogP contribution in [0.4, 0.5) is 11.6 Å². The molecule has 1 unspecified atom stereocenters. The van der Waals surface area contributed by atoms with E-state index in [0.29, 0.717) is 36.2 Å². The van der Waals surface area contributed by atoms with Gasteiger partial charge in [0.25, 0.3) is 5.91 Å². The zero-order valence-corrected chi connectivity index (χ0v) is 19.4. The van der Waals surface area contributed by atoms with Gasteiger partial charge in [0, 0.05) is 54.6 Å². The van der Waals surface area contributed by atoms with Gasteiger partial charge in [-0.2, -0.15) is 0 Å². The number of nitrogens with zero attached hydrogens (tertiary/aromatic N) is 4. The van der Waals surface area contributed by atoms with E-state index in [9.17, 15) is 9.59 Å². The summed E-state index contributed by atoms with van der Waals surface area (Å²) in [5.41, 5.74) is 3.13. The summed E-state index contributed by atoms with van der Waals surface area (Å²) in [5.74, 6) is 0.493. The molecule has 1 N–H and O–H groups in total. The first-order chi connectivity index (χ1) is 15.9. The Bertz CT molecular complexity index is 1130. The molecule has 0 bridgehead atoms. The lowest BCUT2D eigenvalue weighted by molar-refractivity contribution is -0.130. The second kappa shape index (κ2) is 10.0. The number of likely N-dealkylation sites (tertiary alicyclic amines) is 1. The topological polar surface area (TPSA) is 78.4 Å². The number of anilines is 2. The van der Waals surface area contributed by atoms with Crippen LogP contribution in [0.3, 0.4) is 0 Å². The summed E-state index contributed by atoms with van der Waals surface area (Å²) in [4.78, 5) is 37.2. The molecule has 33 heavy (non-hydrogen) atoms. The fourth-order valence-electron chi connectivity index (χ4n) is 4.13. The van der Waals surface area contributed by atoms with Crippen molar-refractivity contribution in [2.45, 2.75) is 26.3 Å². The zero-order chi connectivity index (χ0) is 23.4. The standard InChI is InChI=1S/C25H26ClN5O2/c1-3-31(17(2)32)22-13-15-30(16-22)24(33)19-6-10-21(11-7-19)28-25-27-14-12-23(29-25)18-4-8-20(26)9-5-18/h4-12,14,22H,3,13,15-16H2,1-2H3,(H,27,28,29). The maximum atomic E-state index is 12.9. The van der Waals surface area contributed by atoms with E-state index >= 15 is 0 Å². The van der Waals surface area contributed by atoms with Crippen LogP contribution in [-0.4, -0.2) is 57.3 Å². The van der Waals surface area contributed by atoms with Gasteiger partial charge in [0.15, 0.2) is 0 Å². The van der Waals surface area contributed by atoms with Crippen molar-refractivity contribution in [3.63, 3.8) is 0 Å². The van der Waals surface area contributed by atoms with E-state index in [1.54, 1.807) is 25.3 Å². The van der Waals surface area contributed by atoms with Crippen molar-refractivity contribution in [1.82, 2.24) is 19.8 Å². The molecule has 170 valence electrons. The normalized spacial score (nSPS) is 15.4. The lowest BCUT2D eigenvalue weighted by Gasteiger charge is -2.26. The molecule has 1 fully saturated rings. The molecule has 2 amide bonds. The first-order valence-corrected chi connectivity index (χ1v) is 11.3. The van der Waals surface area contributed by atoms with Crippen molar-refractivity contribution in [2.75, 3.05) is 25.0 Å². The summed E-state index contributed by atoms with van der Waals surface area (Å²) >= 11 is 5.97. The zero-order valence-electron chi connectivity index (χ0n) is 18.7. The Kier molecular flexibility index (Phi) is 6.89. The summed E-state index contributed by atoms with van der Waals surface area (Å²) in [5, 5.41) is 3.86. The minimum atomic E-state index is -0.0235. The number of carbonyl (C=O) groups excluding carboxylic acids is 2. The third kappa shape index (κ3) is 5.31. The highest BCUT2D eigenvalue weighted by molar-refractivity contribution is 6.30. The van der Waals surface area contributed by atoms with Crippen LogP contribution in [0.1, 0.15) is 30.6 Å². The maximum absolute atomic E-state index is 12.9. The number of amides is 2. The molecule has 1 aromatic heterocycles. The molecule has 2 heterocycles. The van der Waals surface area contributed by atoms with E-state index in [4.69, 9.17) is 11.6 Å². The van der Waals surface area contributed by atoms with Crippen LogP contribution in [0.15, 0.2) is 60.8 Å². The molecular weight excluding hydrogens is 438 g/mol. The van der Waals surface area contributed by atoms with Crippen LogP contribution in [0.2, 0.25) is 5.02 Å². The van der Waals surface area contributed by atoms with Gasteiger partial charge in [-0.05, 0) is 55.8 Å². The van der Waals surface area contributed by atoms with Gasteiger partial charge in [-0.3, -0.25) is 9.59 Å². The van der Waals surface area contributed by atoms with Gasteiger partial charge in [-0.1, -0.05) is 23.7 Å². The van der Waals surface area contributed by atoms with Crippen LogP contribution in [0.5, 0.6) is 0 Å². The maximum Gasteiger partial charge on any atom is 0.253 e. The Morgan fingerprint density at radius 2 is 1.85 bits per heavy atom. The molecule has 1 aliphatic rings. The highest BCUT2D eigenvalue weighted by Crippen LogP contribution is 2.23. The van der Waals surface area contributed by atoms with E-state index in [1.165, 1.54) is 0 Å². The molecule has 7 nitrogen and oxygen atoms in total. The average Bonchev–Trinajstić information content (AvgIpc) is 3.30. The van der Waals surface area contributed by atoms with Crippen molar-refractivity contribution in [3.05, 3.63) is 71.4 Å². The summed E-state index contributed by atoms with van der Waals surface area (Å²) < 4.78 is 0. The molecule has 4 rings (SSSR count). The average molecular weight is 464 g/mol. The first-order valence-electron chi connectivity index (χ1n) is 11.0. The number of aromatic nitrogens is 2. The van der Waals surface area contributed by atoms with E-state index in [-0.39, 0.29) is 17.9 Å². The highest BCUT2D eigenvalue weighted by Gasteiger charge is 2.31. The lowest BCUT2D eigenvalue weighted by atomic mass is 10.1. The molecule has 1 saturated heterocycles. The Hall–Kier alpha value is -3.45. The molecule has 0 radical (unpaired) electrons. The molecule has 0 spiro atoms. The number of benzene rings is 2. The van der Waals surface area contributed by atoms with E-state index in [1.807, 2.05) is 59.2 Å². The third-order valence-electron chi connectivity index (χ3n) is 5.82. The van der Waals surface area contributed by atoms with Gasteiger partial charge in [0.05, 0.1) is 11.7 Å². The largest absolute Gasteiger partial charge is 0.338 e. The molecule has 1 atom stereocenters. The number of hydrogen-bond donors (Lipinski definition) is 1. The number of halogens is 1. The fraction of sp³-hybridized carbons (Fsp3) is 0.280. The lowest BCUT2D eigenvalue weighted by Crippen LogP contribution is -2.41. The van der Waals surface area contributed by atoms with Gasteiger partial charge in [0.1, 0.15) is 0 Å². The number of likely N-dealkylation sites (N-methyl/N-ethyl adjacent to an activating group) is 1. The van der Waals surface area contributed by atoms with Crippen molar-refractivity contribution >= 4 is 35.1 Å². The number of nitrogens with one attached hydrogen (secondary N) is 1. The number of carbonyl (C=O) groups is 2. The molecule has 0 aliphatic carbocycles. The van der Waals surface area contributed by atoms with Crippen LogP contribution < -0.4 is 5.32 Å². The summed E-state index contributed by atoms with van der Waals surface area (Å²) in [6.07, 6.45) is 2.50. The first kappa shape index (κ1) is 22.7. The Morgan fingerprint density at radius 3 is 2.52 bits per heavy atom. The number of hydrogen-bond acceptors (Lipinski definition) is 5. The van der Waals surface area contributed by atoms with Gasteiger partial charge >= 0.3 is 0 Å². The van der Waals surface area contributed by atoms with Crippen molar-refractivity contribution in [2.24, 2.45) is 0 Å². The van der Waals surface area contributed by atoms with E-state index < -0.39 is 0 Å². The molecular formula is C25H26ClN5O2. The SMILES string of the molecule is CCN(C(C)=O)C1CCN(C(=O)c2ccc(Nc3nccc(-c4ccc(Cl)cc4)n3)cc2)C1. The van der Waals surface area contributed by atoms with Crippen LogP contribution >= 0.6 is 11.6 Å². The fourth-order valence-corrected chi connectivity index (χ4v) is 4.25. The molecule has 0 saturated carbocycles. The smallest absolute Gasteiger partial charge is 0.253 e. The van der Waals surface area contributed by atoms with E-state index in [2.05, 4.69) is 15.3 Å². The number of rotatable bonds is 6. The minimum Gasteiger partial charge on any atom is -0.338 e. The molecule has 1 aliphatic heterocycles. The predicted octanol–water partition coefficient (Wildman–Crippen LogP) is 4.62. The van der Waals surface area contributed by atoms with Gasteiger partial charge in [0.2, 0.25) is 11.9 Å². The third-order valence-corrected chi connectivity index (χ3v) is 6.07. The molecule has 2 aromatic carbocycles. The second-order valence-corrected chi connectivity index (χ2v) is 8.41. The van der Waals surface area contributed by atoms with Crippen LogP contribution in [0, 0.1) is 0 Å². The summed E-state index contributed by atoms with van der Waals surface area (Å²) in [6.45, 7) is 5.42. The highest BCUT2D eigenvalue weighted by atomic mass is 35.5. The van der Waals surface area contributed by atoms with Gasteiger partial charge < -0.3 is 15.1 Å². The summed E-state index contributed by atoms with van der Waals surface area (Å²) in [7, 11) is 0. The minimum absolute atomic E-state index is 0.0235. The van der Waals surface area contributed by atoms with Crippen molar-refractivity contribution < 1.29 is 9.59 Å². The van der Waals surface area contributed by atoms with Gasteiger partial charge in [-0.25, -0.2) is 9.97 Å². The quantitative estimate of drug-likeness (QED) is 0.577. The molecule has 3 aromatic rings. The Labute approximate surface area is 198 Å². The Balaban J connectivity index is 1.41. The van der Waals surface area contributed by atoms with Crippen molar-refractivity contribution in [3.8, 4) is 11.3 Å². The molecule has 8 heteroatoms. The van der Waals surface area contributed by atoms with Gasteiger partial charge in [-0.15, -0.1) is 0 Å². The van der Waals surface area contributed by atoms with Crippen LogP contribution in [0.25, 0.3) is 11.3 Å². The Morgan fingerprint density at radius 1 is 1.12 bits per heavy atom. The van der Waals surface area contributed by atoms with E-state index in [0.717, 1.165) is 23.4 Å². The monoisotopic (exact) mass is 463 g/mol. The summed E-state index contributed by atoms with van der Waals surface area (Å²) in [6, 6.07) is 16.7.